The molecule has 10 heteroatoms. The maximum atomic E-state index is 13.7. The lowest BCUT2D eigenvalue weighted by Gasteiger charge is -2.44. The van der Waals surface area contributed by atoms with Gasteiger partial charge in [0.15, 0.2) is 5.78 Å². The van der Waals surface area contributed by atoms with Gasteiger partial charge >= 0.3 is 6.03 Å². The molecule has 3 aromatic rings. The van der Waals surface area contributed by atoms with Crippen molar-refractivity contribution in [2.24, 2.45) is 0 Å². The second kappa shape index (κ2) is 8.77. The first-order chi connectivity index (χ1) is 16.8. The van der Waals surface area contributed by atoms with E-state index in [4.69, 9.17) is 15.2 Å². The van der Waals surface area contributed by atoms with Gasteiger partial charge < -0.3 is 25.4 Å². The minimum atomic E-state index is -0.639. The number of nitrogens with zero attached hydrogens (tertiary/aromatic N) is 1. The Morgan fingerprint density at radius 2 is 1.97 bits per heavy atom. The van der Waals surface area contributed by atoms with Gasteiger partial charge in [0.05, 0.1) is 29.4 Å². The number of methoxy groups -OCH3 is 1. The number of Topliss-reactive ketones (excluding diaryl/α,β-unsaturated/α-hetero) is 1. The molecule has 1 spiro atoms. The van der Waals surface area contributed by atoms with E-state index in [1.165, 1.54) is 18.4 Å². The van der Waals surface area contributed by atoms with Crippen LogP contribution in [0.3, 0.4) is 0 Å². The molecule has 2 aliphatic heterocycles. The van der Waals surface area contributed by atoms with E-state index in [0.29, 0.717) is 59.2 Å². The molecule has 2 aromatic carbocycles. The molecular formula is C25H26N4O5S. The van der Waals surface area contributed by atoms with Gasteiger partial charge in [-0.05, 0) is 24.3 Å². The maximum absolute atomic E-state index is 13.7. The van der Waals surface area contributed by atoms with E-state index in [1.54, 1.807) is 30.2 Å². The molecule has 9 nitrogen and oxygen atoms in total. The average molecular weight is 495 g/mol. The predicted octanol–water partition coefficient (Wildman–Crippen LogP) is 3.88. The molecule has 0 aliphatic carbocycles. The molecule has 0 radical (unpaired) electrons. The SMILES string of the molecule is CNC(=O)Nc1sc2c(OC)cccc2c1C(=O)N1CCC2(CC1)CC(=O)c1cc(N)ccc1O2. The predicted molar refractivity (Wildman–Crippen MR) is 135 cm³/mol. The molecule has 35 heavy (non-hydrogen) atoms. The summed E-state index contributed by atoms with van der Waals surface area (Å²) in [4.78, 5) is 40.4. The number of carbonyl (C=O) groups is 3. The van der Waals surface area contributed by atoms with Gasteiger partial charge in [-0.25, -0.2) is 4.79 Å². The number of urea groups is 1. The second-order valence-corrected chi connectivity index (χ2v) is 9.80. The molecule has 1 saturated heterocycles. The molecule has 1 aromatic heterocycles. The summed E-state index contributed by atoms with van der Waals surface area (Å²) in [6, 6.07) is 10.2. The number of rotatable bonds is 3. The number of hydrogen-bond acceptors (Lipinski definition) is 7. The van der Waals surface area contributed by atoms with Gasteiger partial charge in [0.25, 0.3) is 5.91 Å². The number of thiophene rings is 1. The Hall–Kier alpha value is -3.79. The fourth-order valence-electron chi connectivity index (χ4n) is 4.79. The highest BCUT2D eigenvalue weighted by Crippen LogP contribution is 2.43. The number of amides is 3. The Bertz CT molecular complexity index is 1340. The number of hydrogen-bond donors (Lipinski definition) is 3. The topological polar surface area (TPSA) is 123 Å². The van der Waals surface area contributed by atoms with Crippen molar-refractivity contribution in [2.75, 3.05) is 38.3 Å². The van der Waals surface area contributed by atoms with Crippen LogP contribution in [-0.4, -0.2) is 55.5 Å². The number of nitrogens with one attached hydrogen (secondary N) is 2. The zero-order valence-electron chi connectivity index (χ0n) is 19.5. The average Bonchev–Trinajstić information content (AvgIpc) is 3.22. The summed E-state index contributed by atoms with van der Waals surface area (Å²) in [6.45, 7) is 0.855. The van der Waals surface area contributed by atoms with Gasteiger partial charge in [-0.1, -0.05) is 12.1 Å². The molecule has 1 fully saturated rings. The van der Waals surface area contributed by atoms with Crippen molar-refractivity contribution in [3.63, 3.8) is 0 Å². The first-order valence-corrected chi connectivity index (χ1v) is 12.1. The summed E-state index contributed by atoms with van der Waals surface area (Å²) in [5, 5.41) is 6.50. The fourth-order valence-corrected chi connectivity index (χ4v) is 5.97. The Kier molecular flexibility index (Phi) is 5.76. The lowest BCUT2D eigenvalue weighted by Crippen LogP contribution is -2.52. The third-order valence-corrected chi connectivity index (χ3v) is 7.78. The molecule has 2 aliphatic rings. The highest BCUT2D eigenvalue weighted by molar-refractivity contribution is 7.23. The standard InChI is InChI=1S/C25H26N4O5S/c1-27-24(32)28-22-20(15-4-3-5-19(33-2)21(15)35-22)23(31)29-10-8-25(9-11-29)13-17(30)16-12-14(26)6-7-18(16)34-25/h3-7,12H,8-11,13,26H2,1-2H3,(H2,27,28,32). The molecule has 0 atom stereocenters. The number of nitrogen functional groups attached to an aromatic ring is 1. The van der Waals surface area contributed by atoms with Crippen LogP contribution < -0.4 is 25.8 Å². The monoisotopic (exact) mass is 494 g/mol. The second-order valence-electron chi connectivity index (χ2n) is 8.78. The van der Waals surface area contributed by atoms with Gasteiger partial charge in [0.1, 0.15) is 22.1 Å². The van der Waals surface area contributed by atoms with Crippen molar-refractivity contribution in [2.45, 2.75) is 24.9 Å². The number of fused-ring (bicyclic) bond motifs is 2. The van der Waals surface area contributed by atoms with Crippen LogP contribution in [0.5, 0.6) is 11.5 Å². The van der Waals surface area contributed by atoms with Crippen molar-refractivity contribution in [1.82, 2.24) is 10.2 Å². The van der Waals surface area contributed by atoms with E-state index in [9.17, 15) is 14.4 Å². The van der Waals surface area contributed by atoms with E-state index in [2.05, 4.69) is 10.6 Å². The fraction of sp³-hybridized carbons (Fsp3) is 0.320. The van der Waals surface area contributed by atoms with E-state index in [1.807, 2.05) is 18.2 Å². The number of benzene rings is 2. The lowest BCUT2D eigenvalue weighted by molar-refractivity contribution is -0.00561. The zero-order valence-corrected chi connectivity index (χ0v) is 20.3. The highest BCUT2D eigenvalue weighted by Gasteiger charge is 2.44. The molecule has 4 N–H and O–H groups in total. The van der Waals surface area contributed by atoms with Crippen LogP contribution in [0, 0.1) is 0 Å². The third-order valence-electron chi connectivity index (χ3n) is 6.64. The lowest BCUT2D eigenvalue weighted by atomic mass is 9.82. The normalized spacial score (nSPS) is 16.5. The molecular weight excluding hydrogens is 468 g/mol. The minimum Gasteiger partial charge on any atom is -0.495 e. The quantitative estimate of drug-likeness (QED) is 0.475. The number of likely N-dealkylation sites (tertiary alicyclic amines) is 1. The summed E-state index contributed by atoms with van der Waals surface area (Å²) in [7, 11) is 3.09. The van der Waals surface area contributed by atoms with Crippen LogP contribution in [0.4, 0.5) is 15.5 Å². The van der Waals surface area contributed by atoms with Crippen molar-refractivity contribution >= 4 is 49.8 Å². The van der Waals surface area contributed by atoms with Crippen molar-refractivity contribution in [3.8, 4) is 11.5 Å². The molecule has 182 valence electrons. The number of ketones is 1. The third kappa shape index (κ3) is 4.03. The minimum absolute atomic E-state index is 0.00585. The smallest absolute Gasteiger partial charge is 0.319 e. The van der Waals surface area contributed by atoms with Crippen molar-refractivity contribution < 1.29 is 23.9 Å². The van der Waals surface area contributed by atoms with E-state index >= 15 is 0 Å². The molecule has 3 amide bonds. The number of ether oxygens (including phenoxy) is 2. The van der Waals surface area contributed by atoms with Crippen LogP contribution in [0.25, 0.3) is 10.1 Å². The van der Waals surface area contributed by atoms with E-state index in [0.717, 1.165) is 10.1 Å². The Morgan fingerprint density at radius 3 is 2.69 bits per heavy atom. The largest absolute Gasteiger partial charge is 0.495 e. The first-order valence-electron chi connectivity index (χ1n) is 11.3. The summed E-state index contributed by atoms with van der Waals surface area (Å²) in [6.07, 6.45) is 1.31. The van der Waals surface area contributed by atoms with Crippen molar-refractivity contribution in [1.29, 1.82) is 0 Å². The van der Waals surface area contributed by atoms with Crippen LogP contribution in [0.1, 0.15) is 40.0 Å². The van der Waals surface area contributed by atoms with Gasteiger partial charge in [0.2, 0.25) is 0 Å². The molecule has 0 unspecified atom stereocenters. The first kappa shape index (κ1) is 23.0. The van der Waals surface area contributed by atoms with Crippen LogP contribution >= 0.6 is 11.3 Å². The Labute approximate surface area is 206 Å². The molecule has 0 bridgehead atoms. The van der Waals surface area contributed by atoms with Crippen LogP contribution in [-0.2, 0) is 0 Å². The van der Waals surface area contributed by atoms with E-state index < -0.39 is 11.6 Å². The summed E-state index contributed by atoms with van der Waals surface area (Å²) >= 11 is 1.30. The van der Waals surface area contributed by atoms with Crippen LogP contribution in [0.15, 0.2) is 36.4 Å². The number of carbonyl (C=O) groups excluding carboxylic acids is 3. The summed E-state index contributed by atoms with van der Waals surface area (Å²) < 4.78 is 12.6. The Morgan fingerprint density at radius 1 is 1.20 bits per heavy atom. The van der Waals surface area contributed by atoms with Crippen LogP contribution in [0.2, 0.25) is 0 Å². The van der Waals surface area contributed by atoms with Gasteiger partial charge in [0, 0.05) is 44.1 Å². The number of piperidine rings is 1. The molecule has 0 saturated carbocycles. The zero-order chi connectivity index (χ0) is 24.7. The van der Waals surface area contributed by atoms with Gasteiger partial charge in [-0.15, -0.1) is 11.3 Å². The number of anilines is 2. The Balaban J connectivity index is 1.41. The van der Waals surface area contributed by atoms with Crippen molar-refractivity contribution in [3.05, 3.63) is 47.5 Å². The molecule has 3 heterocycles. The van der Waals surface area contributed by atoms with Gasteiger partial charge in [-0.3, -0.25) is 14.9 Å². The highest BCUT2D eigenvalue weighted by atomic mass is 32.1. The summed E-state index contributed by atoms with van der Waals surface area (Å²) in [5.74, 6) is 1.01. The summed E-state index contributed by atoms with van der Waals surface area (Å²) in [5.41, 5.74) is 6.67. The van der Waals surface area contributed by atoms with E-state index in [-0.39, 0.29) is 18.1 Å². The van der Waals surface area contributed by atoms with Gasteiger partial charge in [-0.2, -0.15) is 0 Å². The molecule has 5 rings (SSSR count). The number of nitrogens with two attached hydrogens (primary N) is 1. The maximum Gasteiger partial charge on any atom is 0.319 e.